The maximum Gasteiger partial charge on any atom is 0.338 e. The Morgan fingerprint density at radius 3 is 2.12 bits per heavy atom. The molecule has 2 aromatic carbocycles. The Morgan fingerprint density at radius 2 is 1.52 bits per heavy atom. The fraction of sp³-hybridized carbons (Fsp3) is 0.300. The fourth-order valence-electron chi connectivity index (χ4n) is 2.75. The lowest BCUT2D eigenvalue weighted by molar-refractivity contribution is -0.0203. The molecule has 1 heterocycles. The number of benzene rings is 2. The van der Waals surface area contributed by atoms with Crippen molar-refractivity contribution in [3.8, 4) is 0 Å². The molecule has 2 aromatic rings. The quantitative estimate of drug-likeness (QED) is 0.782. The van der Waals surface area contributed by atoms with Gasteiger partial charge in [0, 0.05) is 6.42 Å². The van der Waals surface area contributed by atoms with E-state index in [2.05, 4.69) is 0 Å². The predicted octanol–water partition coefficient (Wildman–Crippen LogP) is 3.25. The molecule has 130 valence electrons. The molecular formula is C20H20O5. The molecule has 0 aliphatic carbocycles. The predicted molar refractivity (Wildman–Crippen MR) is 91.3 cm³/mol. The summed E-state index contributed by atoms with van der Waals surface area (Å²) in [4.78, 5) is 24.1. The molecule has 1 aliphatic rings. The van der Waals surface area contributed by atoms with Gasteiger partial charge in [-0.15, -0.1) is 0 Å². The molecule has 5 heteroatoms. The van der Waals surface area contributed by atoms with Crippen molar-refractivity contribution in [2.45, 2.75) is 31.7 Å². The van der Waals surface area contributed by atoms with E-state index in [9.17, 15) is 9.59 Å². The smallest absolute Gasteiger partial charge is 0.338 e. The van der Waals surface area contributed by atoms with E-state index in [-0.39, 0.29) is 36.9 Å². The summed E-state index contributed by atoms with van der Waals surface area (Å²) in [5.74, 6) is -0.760. The van der Waals surface area contributed by atoms with Gasteiger partial charge in [0.2, 0.25) is 0 Å². The molecular weight excluding hydrogens is 320 g/mol. The van der Waals surface area contributed by atoms with Crippen molar-refractivity contribution >= 4 is 11.9 Å². The first kappa shape index (κ1) is 17.2. The average Bonchev–Trinajstić information content (AvgIpc) is 3.00. The summed E-state index contributed by atoms with van der Waals surface area (Å²) >= 11 is 0. The van der Waals surface area contributed by atoms with Crippen LogP contribution in [0.4, 0.5) is 0 Å². The second kappa shape index (κ2) is 7.94. The van der Waals surface area contributed by atoms with Gasteiger partial charge < -0.3 is 14.2 Å². The molecule has 1 unspecified atom stereocenters. The molecule has 5 nitrogen and oxygen atoms in total. The minimum absolute atomic E-state index is 0.136. The highest BCUT2D eigenvalue weighted by atomic mass is 16.6. The summed E-state index contributed by atoms with van der Waals surface area (Å²) in [7, 11) is 0. The monoisotopic (exact) mass is 340 g/mol. The molecule has 1 fully saturated rings. The second-order valence-electron chi connectivity index (χ2n) is 5.97. The van der Waals surface area contributed by atoms with Crippen molar-refractivity contribution in [2.75, 3.05) is 6.61 Å². The van der Waals surface area contributed by atoms with E-state index in [1.165, 1.54) is 0 Å². The van der Waals surface area contributed by atoms with Crippen molar-refractivity contribution in [3.63, 3.8) is 0 Å². The van der Waals surface area contributed by atoms with E-state index in [1.807, 2.05) is 19.1 Å². The normalized spacial score (nSPS) is 22.4. The molecule has 3 atom stereocenters. The lowest BCUT2D eigenvalue weighted by Gasteiger charge is -2.14. The van der Waals surface area contributed by atoms with Gasteiger partial charge >= 0.3 is 11.9 Å². The molecule has 0 saturated carbocycles. The van der Waals surface area contributed by atoms with Crippen LogP contribution >= 0.6 is 0 Å². The van der Waals surface area contributed by atoms with Crippen molar-refractivity contribution < 1.29 is 23.8 Å². The van der Waals surface area contributed by atoms with Crippen molar-refractivity contribution in [3.05, 3.63) is 71.8 Å². The van der Waals surface area contributed by atoms with Crippen LogP contribution in [-0.2, 0) is 14.2 Å². The molecule has 0 spiro atoms. The van der Waals surface area contributed by atoms with Gasteiger partial charge in [-0.25, -0.2) is 9.59 Å². The van der Waals surface area contributed by atoms with Crippen LogP contribution in [0.25, 0.3) is 0 Å². The number of hydrogen-bond acceptors (Lipinski definition) is 5. The summed E-state index contributed by atoms with van der Waals surface area (Å²) in [5, 5.41) is 0. The first-order chi connectivity index (χ1) is 12.1. The maximum atomic E-state index is 12.1. The van der Waals surface area contributed by atoms with Gasteiger partial charge in [0.05, 0.1) is 23.3 Å². The van der Waals surface area contributed by atoms with E-state index in [0.29, 0.717) is 17.5 Å². The van der Waals surface area contributed by atoms with Crippen LogP contribution in [-0.4, -0.2) is 36.9 Å². The topological polar surface area (TPSA) is 61.8 Å². The number of carbonyl (C=O) groups is 2. The maximum absolute atomic E-state index is 12.1. The van der Waals surface area contributed by atoms with Gasteiger partial charge in [-0.1, -0.05) is 36.4 Å². The standard InChI is InChI=1S/C20H20O5/c1-14-18(25-20(22)16-10-6-3-7-11-16)12-17(24-14)13-23-19(21)15-8-4-2-5-9-15/h2-11,14,17-18H,12-13H2,1H3/t14?,17-,18+/m0/s1. The molecule has 3 rings (SSSR count). The highest BCUT2D eigenvalue weighted by Crippen LogP contribution is 2.24. The molecule has 0 bridgehead atoms. The molecule has 1 aliphatic heterocycles. The zero-order valence-electron chi connectivity index (χ0n) is 14.0. The van der Waals surface area contributed by atoms with E-state index in [4.69, 9.17) is 14.2 Å². The molecule has 1 saturated heterocycles. The zero-order valence-corrected chi connectivity index (χ0v) is 14.0. The third kappa shape index (κ3) is 4.45. The molecule has 0 aromatic heterocycles. The number of ether oxygens (including phenoxy) is 3. The van der Waals surface area contributed by atoms with Gasteiger partial charge in [-0.2, -0.15) is 0 Å². The molecule has 0 amide bonds. The van der Waals surface area contributed by atoms with E-state index >= 15 is 0 Å². The summed E-state index contributed by atoms with van der Waals surface area (Å²) in [5.41, 5.74) is 1.01. The zero-order chi connectivity index (χ0) is 17.6. The minimum Gasteiger partial charge on any atom is -0.459 e. The number of hydrogen-bond donors (Lipinski definition) is 0. The lowest BCUT2D eigenvalue weighted by atomic mass is 10.1. The first-order valence-corrected chi connectivity index (χ1v) is 8.27. The second-order valence-corrected chi connectivity index (χ2v) is 5.97. The van der Waals surface area contributed by atoms with Gasteiger partial charge in [-0.05, 0) is 31.2 Å². The van der Waals surface area contributed by atoms with Gasteiger partial charge in [0.25, 0.3) is 0 Å². The van der Waals surface area contributed by atoms with Crippen LogP contribution in [0.2, 0.25) is 0 Å². The van der Waals surface area contributed by atoms with Gasteiger partial charge in [0.15, 0.2) is 0 Å². The minimum atomic E-state index is -0.387. The Labute approximate surface area is 146 Å². The van der Waals surface area contributed by atoms with Gasteiger partial charge in [0.1, 0.15) is 12.7 Å². The van der Waals surface area contributed by atoms with Crippen LogP contribution in [0, 0.1) is 0 Å². The van der Waals surface area contributed by atoms with Gasteiger partial charge in [-0.3, -0.25) is 0 Å². The SMILES string of the molecule is CC1O[C@H](COC(=O)c2ccccc2)C[C@H]1OC(=O)c1ccccc1. The fourth-order valence-corrected chi connectivity index (χ4v) is 2.75. The average molecular weight is 340 g/mol. The Hall–Kier alpha value is -2.66. The summed E-state index contributed by atoms with van der Waals surface area (Å²) in [6, 6.07) is 17.6. The Bertz CT molecular complexity index is 713. The largest absolute Gasteiger partial charge is 0.459 e. The van der Waals surface area contributed by atoms with Crippen molar-refractivity contribution in [1.82, 2.24) is 0 Å². The van der Waals surface area contributed by atoms with E-state index in [0.717, 1.165) is 0 Å². The van der Waals surface area contributed by atoms with E-state index < -0.39 is 0 Å². The highest BCUT2D eigenvalue weighted by molar-refractivity contribution is 5.89. The summed E-state index contributed by atoms with van der Waals surface area (Å²) in [6.07, 6.45) is -0.376. The third-order valence-electron chi connectivity index (χ3n) is 4.10. The van der Waals surface area contributed by atoms with E-state index in [1.54, 1.807) is 48.5 Å². The Kier molecular flexibility index (Phi) is 5.46. The third-order valence-corrected chi connectivity index (χ3v) is 4.10. The number of esters is 2. The van der Waals surface area contributed by atoms with Crippen LogP contribution in [0.3, 0.4) is 0 Å². The Balaban J connectivity index is 1.50. The number of carbonyl (C=O) groups excluding carboxylic acids is 2. The van der Waals surface area contributed by atoms with Crippen molar-refractivity contribution in [1.29, 1.82) is 0 Å². The summed E-state index contributed by atoms with van der Waals surface area (Å²) < 4.78 is 16.6. The Morgan fingerprint density at radius 1 is 0.960 bits per heavy atom. The highest BCUT2D eigenvalue weighted by Gasteiger charge is 2.35. The van der Waals surface area contributed by atoms with Crippen LogP contribution < -0.4 is 0 Å². The lowest BCUT2D eigenvalue weighted by Crippen LogP contribution is -2.24. The summed E-state index contributed by atoms with van der Waals surface area (Å²) in [6.45, 7) is 1.99. The van der Waals surface area contributed by atoms with Crippen LogP contribution in [0.1, 0.15) is 34.1 Å². The molecule has 0 N–H and O–H groups in total. The van der Waals surface area contributed by atoms with Crippen molar-refractivity contribution in [2.24, 2.45) is 0 Å². The molecule has 25 heavy (non-hydrogen) atoms. The van der Waals surface area contributed by atoms with Crippen LogP contribution in [0.5, 0.6) is 0 Å². The first-order valence-electron chi connectivity index (χ1n) is 8.27. The number of rotatable bonds is 5. The molecule has 0 radical (unpaired) electrons. The van der Waals surface area contributed by atoms with Crippen LogP contribution in [0.15, 0.2) is 60.7 Å².